The Hall–Kier alpha value is -7.04. The molecule has 0 fully saturated rings. The first kappa shape index (κ1) is 28.8. The number of rotatable bonds is 4. The van der Waals surface area contributed by atoms with Gasteiger partial charge in [0.15, 0.2) is 0 Å². The molecule has 0 aliphatic rings. The van der Waals surface area contributed by atoms with Crippen LogP contribution in [0.15, 0.2) is 180 Å². The largest absolute Gasteiger partial charge is 0.456 e. The summed E-state index contributed by atoms with van der Waals surface area (Å²) in [7, 11) is 0. The molecule has 0 spiro atoms. The van der Waals surface area contributed by atoms with Crippen LogP contribution in [0.1, 0.15) is 0 Å². The Morgan fingerprint density at radius 1 is 0.423 bits per heavy atom. The zero-order valence-corrected chi connectivity index (χ0v) is 28.0. The molecular weight excluding hydrogens is 635 g/mol. The van der Waals surface area contributed by atoms with Gasteiger partial charge < -0.3 is 8.98 Å². The summed E-state index contributed by atoms with van der Waals surface area (Å²) in [6.45, 7) is 0. The molecule has 0 aliphatic heterocycles. The average molecular weight is 664 g/mol. The molecule has 0 radical (unpaired) electrons. The van der Waals surface area contributed by atoms with Crippen molar-refractivity contribution in [2.45, 2.75) is 0 Å². The van der Waals surface area contributed by atoms with E-state index in [1.54, 1.807) is 0 Å². The van der Waals surface area contributed by atoms with Gasteiger partial charge in [0.05, 0.1) is 33.5 Å². The molecule has 0 atom stereocenters. The van der Waals surface area contributed by atoms with Crippen LogP contribution in [0.3, 0.4) is 0 Å². The summed E-state index contributed by atoms with van der Waals surface area (Å²) >= 11 is 0. The summed E-state index contributed by atoms with van der Waals surface area (Å²) in [6, 6.07) is 61.9. The minimum atomic E-state index is 0.857. The highest BCUT2D eigenvalue weighted by atomic mass is 16.3. The predicted octanol–water partition coefficient (Wildman–Crippen LogP) is 12.8. The Kier molecular flexibility index (Phi) is 6.22. The van der Waals surface area contributed by atoms with E-state index in [9.17, 15) is 0 Å². The van der Waals surface area contributed by atoms with Crippen molar-refractivity contribution in [3.8, 4) is 39.3 Å². The third kappa shape index (κ3) is 4.34. The Balaban J connectivity index is 1.09. The fourth-order valence-electron chi connectivity index (χ4n) is 8.00. The van der Waals surface area contributed by atoms with Crippen molar-refractivity contribution in [1.29, 1.82) is 0 Å². The molecule has 0 aliphatic carbocycles. The number of furan rings is 1. The van der Waals surface area contributed by atoms with E-state index in [-0.39, 0.29) is 0 Å². The molecule has 11 aromatic rings. The van der Waals surface area contributed by atoms with E-state index in [1.165, 1.54) is 26.9 Å². The molecule has 4 heteroatoms. The van der Waals surface area contributed by atoms with Crippen molar-refractivity contribution in [3.05, 3.63) is 176 Å². The Morgan fingerprint density at radius 2 is 1.10 bits per heavy atom. The van der Waals surface area contributed by atoms with E-state index in [0.29, 0.717) is 0 Å². The molecule has 0 saturated carbocycles. The Bertz CT molecular complexity index is 3170. The van der Waals surface area contributed by atoms with Crippen molar-refractivity contribution in [1.82, 2.24) is 14.5 Å². The minimum absolute atomic E-state index is 0.857. The van der Waals surface area contributed by atoms with Crippen LogP contribution < -0.4 is 0 Å². The molecule has 4 nitrogen and oxygen atoms in total. The maximum Gasteiger partial charge on any atom is 0.136 e. The summed E-state index contributed by atoms with van der Waals surface area (Å²) in [5, 5.41) is 7.09. The summed E-state index contributed by atoms with van der Waals surface area (Å²) in [4.78, 5) is 10.6. The molecule has 11 rings (SSSR count). The summed E-state index contributed by atoms with van der Waals surface area (Å²) in [5.74, 6) is 0. The molecule has 0 bridgehead atoms. The van der Waals surface area contributed by atoms with E-state index >= 15 is 0 Å². The van der Waals surface area contributed by atoms with Gasteiger partial charge in [0.2, 0.25) is 0 Å². The second kappa shape index (κ2) is 11.2. The molecule has 0 amide bonds. The smallest absolute Gasteiger partial charge is 0.136 e. The normalized spacial score (nSPS) is 11.8. The van der Waals surface area contributed by atoms with Gasteiger partial charge in [0.1, 0.15) is 11.2 Å². The molecule has 52 heavy (non-hydrogen) atoms. The third-order valence-electron chi connectivity index (χ3n) is 10.4. The van der Waals surface area contributed by atoms with Gasteiger partial charge >= 0.3 is 0 Å². The van der Waals surface area contributed by atoms with Crippen molar-refractivity contribution < 1.29 is 4.42 Å². The minimum Gasteiger partial charge on any atom is -0.456 e. The maximum atomic E-state index is 6.15. The SMILES string of the molecule is c1ccc(-n2c3ccccc3c3cccc(-c4nc5ccccc5nc4-c4ccc(-c5ccc6c(ccc7oc8ccccc8c76)c5)cc4)c32)cc1. The number of aromatic nitrogens is 3. The van der Waals surface area contributed by atoms with Crippen LogP contribution in [0.4, 0.5) is 0 Å². The second-order valence-corrected chi connectivity index (χ2v) is 13.3. The van der Waals surface area contributed by atoms with Crippen LogP contribution in [-0.4, -0.2) is 14.5 Å². The van der Waals surface area contributed by atoms with Crippen LogP contribution in [-0.2, 0) is 0 Å². The van der Waals surface area contributed by atoms with Gasteiger partial charge in [0, 0.05) is 38.4 Å². The fourth-order valence-corrected chi connectivity index (χ4v) is 8.00. The lowest BCUT2D eigenvalue weighted by molar-refractivity contribution is 0.669. The van der Waals surface area contributed by atoms with Crippen molar-refractivity contribution in [2.24, 2.45) is 0 Å². The topological polar surface area (TPSA) is 43.9 Å². The van der Waals surface area contributed by atoms with Crippen molar-refractivity contribution in [2.75, 3.05) is 0 Å². The van der Waals surface area contributed by atoms with Crippen LogP contribution in [0.2, 0.25) is 0 Å². The first-order valence-corrected chi connectivity index (χ1v) is 17.6. The molecule has 8 aromatic carbocycles. The van der Waals surface area contributed by atoms with E-state index in [1.807, 2.05) is 36.4 Å². The Labute approximate surface area is 298 Å². The van der Waals surface area contributed by atoms with Gasteiger partial charge in [-0.1, -0.05) is 127 Å². The zero-order chi connectivity index (χ0) is 34.2. The first-order chi connectivity index (χ1) is 25.8. The van der Waals surface area contributed by atoms with Crippen LogP contribution >= 0.6 is 0 Å². The molecule has 0 N–H and O–H groups in total. The molecule has 3 heterocycles. The van der Waals surface area contributed by atoms with Gasteiger partial charge in [-0.05, 0) is 70.4 Å². The lowest BCUT2D eigenvalue weighted by atomic mass is 9.96. The van der Waals surface area contributed by atoms with Gasteiger partial charge in [-0.2, -0.15) is 0 Å². The number of hydrogen-bond donors (Lipinski definition) is 0. The molecule has 3 aromatic heterocycles. The molecule has 242 valence electrons. The second-order valence-electron chi connectivity index (χ2n) is 13.3. The first-order valence-electron chi connectivity index (χ1n) is 17.6. The number of hydrogen-bond acceptors (Lipinski definition) is 3. The maximum absolute atomic E-state index is 6.15. The number of nitrogens with zero attached hydrogens (tertiary/aromatic N) is 3. The highest BCUT2D eigenvalue weighted by Gasteiger charge is 2.21. The highest BCUT2D eigenvalue weighted by Crippen LogP contribution is 2.41. The van der Waals surface area contributed by atoms with E-state index < -0.39 is 0 Å². The van der Waals surface area contributed by atoms with Crippen molar-refractivity contribution in [3.63, 3.8) is 0 Å². The summed E-state index contributed by atoms with van der Waals surface area (Å²) in [5.41, 5.74) is 13.0. The monoisotopic (exact) mass is 663 g/mol. The lowest BCUT2D eigenvalue weighted by Gasteiger charge is -2.15. The van der Waals surface area contributed by atoms with E-state index in [2.05, 4.69) is 144 Å². The number of fused-ring (bicyclic) bond motifs is 9. The van der Waals surface area contributed by atoms with Gasteiger partial charge in [-0.15, -0.1) is 0 Å². The lowest BCUT2D eigenvalue weighted by Crippen LogP contribution is -1.99. The van der Waals surface area contributed by atoms with Crippen LogP contribution in [0.5, 0.6) is 0 Å². The average Bonchev–Trinajstić information content (AvgIpc) is 3.77. The molecular formula is C48H29N3O. The van der Waals surface area contributed by atoms with Crippen molar-refractivity contribution >= 4 is 65.6 Å². The highest BCUT2D eigenvalue weighted by molar-refractivity contribution is 6.19. The van der Waals surface area contributed by atoms with Gasteiger partial charge in [-0.25, -0.2) is 9.97 Å². The van der Waals surface area contributed by atoms with Crippen LogP contribution in [0.25, 0.3) is 105 Å². The quantitative estimate of drug-likeness (QED) is 0.188. The van der Waals surface area contributed by atoms with E-state index in [0.717, 1.165) is 77.9 Å². The number of para-hydroxylation sites is 6. The Morgan fingerprint density at radius 3 is 1.94 bits per heavy atom. The standard InChI is InChI=1S/C48H29N3O/c1-2-11-34(12-3-1)51-42-19-8-4-13-36(42)37-15-10-16-39(48(37)51)47-46(49-40-17-6-7-18-41(40)50-47)31-23-21-30(22-24-31)32-25-27-35-33(29-32)26-28-44-45(35)38-14-5-9-20-43(38)52-44/h1-29H. The molecule has 0 unspecified atom stereocenters. The predicted molar refractivity (Wildman–Crippen MR) is 215 cm³/mol. The summed E-state index contributed by atoms with van der Waals surface area (Å²) in [6.07, 6.45) is 0. The number of benzene rings is 8. The third-order valence-corrected chi connectivity index (χ3v) is 10.4. The fraction of sp³-hybridized carbons (Fsp3) is 0. The molecule has 0 saturated heterocycles. The van der Waals surface area contributed by atoms with Crippen LogP contribution in [0, 0.1) is 0 Å². The summed E-state index contributed by atoms with van der Waals surface area (Å²) < 4.78 is 8.52. The van der Waals surface area contributed by atoms with Gasteiger partial charge in [0.25, 0.3) is 0 Å². The van der Waals surface area contributed by atoms with Gasteiger partial charge in [-0.3, -0.25) is 0 Å². The van der Waals surface area contributed by atoms with E-state index in [4.69, 9.17) is 14.4 Å². The zero-order valence-electron chi connectivity index (χ0n) is 28.0.